The van der Waals surface area contributed by atoms with Gasteiger partial charge >= 0.3 is 5.97 Å². The summed E-state index contributed by atoms with van der Waals surface area (Å²) in [7, 11) is 0. The lowest BCUT2D eigenvalue weighted by Crippen LogP contribution is -2.11. The van der Waals surface area contributed by atoms with Crippen molar-refractivity contribution in [3.63, 3.8) is 0 Å². The van der Waals surface area contributed by atoms with Crippen LogP contribution in [0.15, 0.2) is 42.5 Å². The minimum absolute atomic E-state index is 0.157. The molecule has 2 aromatic rings. The van der Waals surface area contributed by atoms with Crippen LogP contribution in [0.1, 0.15) is 21.5 Å². The van der Waals surface area contributed by atoms with E-state index < -0.39 is 5.97 Å². The van der Waals surface area contributed by atoms with Gasteiger partial charge in [-0.3, -0.25) is 0 Å². The summed E-state index contributed by atoms with van der Waals surface area (Å²) in [5.41, 5.74) is 2.35. The summed E-state index contributed by atoms with van der Waals surface area (Å²) >= 11 is 0. The number of rotatable bonds is 6. The fourth-order valence-electron chi connectivity index (χ4n) is 1.94. The zero-order valence-corrected chi connectivity index (χ0v) is 12.1. The largest absolute Gasteiger partial charge is 0.490 e. The van der Waals surface area contributed by atoms with E-state index in [0.717, 1.165) is 16.9 Å². The van der Waals surface area contributed by atoms with Gasteiger partial charge in [0.2, 0.25) is 0 Å². The van der Waals surface area contributed by atoms with Gasteiger partial charge < -0.3 is 14.6 Å². The molecule has 0 amide bonds. The molecule has 1 N–H and O–H groups in total. The second kappa shape index (κ2) is 6.79. The topological polar surface area (TPSA) is 55.8 Å². The number of ether oxygens (including phenoxy) is 2. The molecule has 2 aromatic carbocycles. The lowest BCUT2D eigenvalue weighted by molar-refractivity contribution is 0.0691. The molecular weight excluding hydrogens is 268 g/mol. The summed E-state index contributed by atoms with van der Waals surface area (Å²) in [5.74, 6) is 0.181. The van der Waals surface area contributed by atoms with Crippen LogP contribution >= 0.6 is 0 Å². The van der Waals surface area contributed by atoms with E-state index in [1.807, 2.05) is 32.0 Å². The Morgan fingerprint density at radius 3 is 2.38 bits per heavy atom. The Morgan fingerprint density at radius 1 is 1.00 bits per heavy atom. The molecule has 110 valence electrons. The predicted molar refractivity (Wildman–Crippen MR) is 80.3 cm³/mol. The fourth-order valence-corrected chi connectivity index (χ4v) is 1.94. The van der Waals surface area contributed by atoms with Crippen molar-refractivity contribution in [3.05, 3.63) is 59.2 Å². The van der Waals surface area contributed by atoms with Gasteiger partial charge in [0.1, 0.15) is 30.3 Å². The molecule has 0 aliphatic heterocycles. The van der Waals surface area contributed by atoms with E-state index in [-0.39, 0.29) is 12.2 Å². The molecule has 4 heteroatoms. The van der Waals surface area contributed by atoms with Crippen LogP contribution in [0, 0.1) is 13.8 Å². The molecule has 0 heterocycles. The van der Waals surface area contributed by atoms with Gasteiger partial charge in [-0.25, -0.2) is 4.79 Å². The minimum Gasteiger partial charge on any atom is -0.490 e. The van der Waals surface area contributed by atoms with Crippen LogP contribution in [0.4, 0.5) is 0 Å². The molecule has 0 aliphatic carbocycles. The maximum Gasteiger partial charge on any atom is 0.339 e. The van der Waals surface area contributed by atoms with Gasteiger partial charge in [0.05, 0.1) is 0 Å². The number of benzene rings is 2. The Kier molecular flexibility index (Phi) is 4.82. The molecule has 0 saturated carbocycles. The number of carboxylic acids is 1. The van der Waals surface area contributed by atoms with Crippen LogP contribution in [0.3, 0.4) is 0 Å². The van der Waals surface area contributed by atoms with Crippen LogP contribution in [0.5, 0.6) is 11.5 Å². The molecule has 0 spiro atoms. The molecule has 4 nitrogen and oxygen atoms in total. The van der Waals surface area contributed by atoms with Crippen molar-refractivity contribution >= 4 is 5.97 Å². The molecular formula is C17H18O4. The van der Waals surface area contributed by atoms with Crippen LogP contribution in [-0.4, -0.2) is 24.3 Å². The second-order valence-electron chi connectivity index (χ2n) is 4.77. The minimum atomic E-state index is -0.999. The van der Waals surface area contributed by atoms with Crippen molar-refractivity contribution in [2.24, 2.45) is 0 Å². The first-order chi connectivity index (χ1) is 10.1. The van der Waals surface area contributed by atoms with Crippen LogP contribution in [0.25, 0.3) is 0 Å². The smallest absolute Gasteiger partial charge is 0.339 e. The van der Waals surface area contributed by atoms with Crippen molar-refractivity contribution in [1.29, 1.82) is 0 Å². The van der Waals surface area contributed by atoms with Crippen LogP contribution in [0.2, 0.25) is 0 Å². The van der Waals surface area contributed by atoms with E-state index in [9.17, 15) is 4.79 Å². The fraction of sp³-hybridized carbons (Fsp3) is 0.235. The van der Waals surface area contributed by atoms with Crippen LogP contribution < -0.4 is 9.47 Å². The highest BCUT2D eigenvalue weighted by Gasteiger charge is 2.09. The molecule has 0 radical (unpaired) electrons. The lowest BCUT2D eigenvalue weighted by atomic mass is 10.1. The van der Waals surface area contributed by atoms with Gasteiger partial charge in [-0.2, -0.15) is 0 Å². The summed E-state index contributed by atoms with van der Waals surface area (Å²) in [6, 6.07) is 12.6. The third-order valence-corrected chi connectivity index (χ3v) is 3.06. The van der Waals surface area contributed by atoms with Gasteiger partial charge in [-0.05, 0) is 43.2 Å². The Morgan fingerprint density at radius 2 is 1.67 bits per heavy atom. The van der Waals surface area contributed by atoms with E-state index in [1.54, 1.807) is 18.2 Å². The molecule has 0 bridgehead atoms. The number of aryl methyl sites for hydroxylation is 2. The van der Waals surface area contributed by atoms with Crippen molar-refractivity contribution < 1.29 is 19.4 Å². The maximum absolute atomic E-state index is 11.0. The summed E-state index contributed by atoms with van der Waals surface area (Å²) in [5, 5.41) is 9.06. The Bertz CT molecular complexity index is 634. The Balaban J connectivity index is 1.91. The molecule has 21 heavy (non-hydrogen) atoms. The molecule has 0 unspecified atom stereocenters. The third kappa shape index (κ3) is 3.99. The Hall–Kier alpha value is -2.49. The van der Waals surface area contributed by atoms with Gasteiger partial charge in [0.15, 0.2) is 0 Å². The first-order valence-corrected chi connectivity index (χ1v) is 6.73. The van der Waals surface area contributed by atoms with E-state index in [4.69, 9.17) is 14.6 Å². The van der Waals surface area contributed by atoms with E-state index in [2.05, 4.69) is 0 Å². The van der Waals surface area contributed by atoms with Gasteiger partial charge in [-0.1, -0.05) is 24.3 Å². The molecule has 0 saturated heterocycles. The second-order valence-corrected chi connectivity index (χ2v) is 4.77. The monoisotopic (exact) mass is 286 g/mol. The Labute approximate surface area is 123 Å². The highest BCUT2D eigenvalue weighted by molar-refractivity contribution is 5.90. The first kappa shape index (κ1) is 14.9. The highest BCUT2D eigenvalue weighted by atomic mass is 16.5. The van der Waals surface area contributed by atoms with Gasteiger partial charge in [0, 0.05) is 0 Å². The predicted octanol–water partition coefficient (Wildman–Crippen LogP) is 3.46. The number of aromatic carboxylic acids is 1. The zero-order chi connectivity index (χ0) is 15.2. The van der Waals surface area contributed by atoms with Crippen molar-refractivity contribution in [1.82, 2.24) is 0 Å². The van der Waals surface area contributed by atoms with Gasteiger partial charge in [0.25, 0.3) is 0 Å². The third-order valence-electron chi connectivity index (χ3n) is 3.06. The number of para-hydroxylation sites is 1. The normalized spacial score (nSPS) is 10.2. The SMILES string of the molecule is Cc1ccc(C)c(OCCOc2ccccc2C(=O)O)c1. The zero-order valence-electron chi connectivity index (χ0n) is 12.1. The average molecular weight is 286 g/mol. The van der Waals surface area contributed by atoms with Crippen molar-refractivity contribution in [3.8, 4) is 11.5 Å². The lowest BCUT2D eigenvalue weighted by Gasteiger charge is -2.12. The molecule has 0 aliphatic rings. The standard InChI is InChI=1S/C17H18O4/c1-12-7-8-13(2)16(11-12)21-10-9-20-15-6-4-3-5-14(15)17(18)19/h3-8,11H,9-10H2,1-2H3,(H,18,19). The number of hydrogen-bond donors (Lipinski definition) is 1. The molecule has 0 atom stereocenters. The molecule has 0 aromatic heterocycles. The summed E-state index contributed by atoms with van der Waals surface area (Å²) in [6.07, 6.45) is 0. The maximum atomic E-state index is 11.0. The number of carbonyl (C=O) groups is 1. The molecule has 2 rings (SSSR count). The van der Waals surface area contributed by atoms with Gasteiger partial charge in [-0.15, -0.1) is 0 Å². The first-order valence-electron chi connectivity index (χ1n) is 6.73. The average Bonchev–Trinajstić information content (AvgIpc) is 2.47. The summed E-state index contributed by atoms with van der Waals surface area (Å²) in [4.78, 5) is 11.0. The number of carboxylic acid groups (broad SMARTS) is 1. The van der Waals surface area contributed by atoms with E-state index in [1.165, 1.54) is 6.07 Å². The van der Waals surface area contributed by atoms with E-state index in [0.29, 0.717) is 12.4 Å². The van der Waals surface area contributed by atoms with Crippen LogP contribution in [-0.2, 0) is 0 Å². The summed E-state index contributed by atoms with van der Waals surface area (Å²) < 4.78 is 11.2. The number of hydrogen-bond acceptors (Lipinski definition) is 3. The highest BCUT2D eigenvalue weighted by Crippen LogP contribution is 2.20. The van der Waals surface area contributed by atoms with E-state index >= 15 is 0 Å². The summed E-state index contributed by atoms with van der Waals surface area (Å²) in [6.45, 7) is 4.64. The molecule has 0 fully saturated rings. The quantitative estimate of drug-likeness (QED) is 0.826. The van der Waals surface area contributed by atoms with Crippen molar-refractivity contribution in [2.45, 2.75) is 13.8 Å². The van der Waals surface area contributed by atoms with Crippen molar-refractivity contribution in [2.75, 3.05) is 13.2 Å².